The van der Waals surface area contributed by atoms with Gasteiger partial charge in [-0.25, -0.2) is 0 Å². The molecular formula is C58H45N. The molecule has 2 aliphatic carbocycles. The highest BCUT2D eigenvalue weighted by Crippen LogP contribution is 2.45. The van der Waals surface area contributed by atoms with Gasteiger partial charge in [0.05, 0.1) is 5.52 Å². The van der Waals surface area contributed by atoms with Gasteiger partial charge in [-0.3, -0.25) is 0 Å². The van der Waals surface area contributed by atoms with Crippen molar-refractivity contribution in [3.63, 3.8) is 0 Å². The molecule has 0 atom stereocenters. The maximum absolute atomic E-state index is 2.53. The summed E-state index contributed by atoms with van der Waals surface area (Å²) in [6, 6.07) is 61.0. The van der Waals surface area contributed by atoms with E-state index in [-0.39, 0.29) is 0 Å². The number of aromatic nitrogens is 1. The van der Waals surface area contributed by atoms with Crippen LogP contribution in [-0.4, -0.2) is 4.57 Å². The van der Waals surface area contributed by atoms with Crippen molar-refractivity contribution in [1.82, 2.24) is 4.57 Å². The molecule has 0 radical (unpaired) electrons. The molecule has 59 heavy (non-hydrogen) atoms. The Bertz CT molecular complexity index is 3150. The van der Waals surface area contributed by atoms with Crippen LogP contribution in [0.4, 0.5) is 0 Å². The van der Waals surface area contributed by atoms with E-state index in [1.54, 1.807) is 0 Å². The van der Waals surface area contributed by atoms with E-state index in [9.17, 15) is 0 Å². The highest BCUT2D eigenvalue weighted by molar-refractivity contribution is 6.10. The summed E-state index contributed by atoms with van der Waals surface area (Å²) in [4.78, 5) is 0. The lowest BCUT2D eigenvalue weighted by Crippen LogP contribution is -2.04. The number of rotatable bonds is 6. The zero-order chi connectivity index (χ0) is 39.5. The fourth-order valence-corrected chi connectivity index (χ4v) is 10.1. The highest BCUT2D eigenvalue weighted by Gasteiger charge is 2.23. The molecule has 282 valence electrons. The average molecular weight is 756 g/mol. The average Bonchev–Trinajstić information content (AvgIpc) is 3.62. The molecule has 9 aromatic rings. The Kier molecular flexibility index (Phi) is 8.63. The first-order valence-electron chi connectivity index (χ1n) is 21.1. The van der Waals surface area contributed by atoms with Gasteiger partial charge < -0.3 is 4.57 Å². The van der Waals surface area contributed by atoms with E-state index in [0.717, 1.165) is 25.7 Å². The second-order valence-corrected chi connectivity index (χ2v) is 16.3. The van der Waals surface area contributed by atoms with Gasteiger partial charge in [-0.05, 0) is 152 Å². The first kappa shape index (κ1) is 35.2. The van der Waals surface area contributed by atoms with E-state index in [1.807, 2.05) is 0 Å². The minimum atomic E-state index is 1.02. The normalized spacial score (nSPS) is 13.2. The Labute approximate surface area is 347 Å². The van der Waals surface area contributed by atoms with E-state index < -0.39 is 0 Å². The second-order valence-electron chi connectivity index (χ2n) is 16.3. The molecule has 0 bridgehead atoms. The highest BCUT2D eigenvalue weighted by atomic mass is 15.0. The first-order chi connectivity index (χ1) is 29.1. The molecule has 0 unspecified atom stereocenters. The largest absolute Gasteiger partial charge is 0.313 e. The van der Waals surface area contributed by atoms with Crippen molar-refractivity contribution >= 4 is 33.8 Å². The number of aryl methyl sites for hydroxylation is 1. The van der Waals surface area contributed by atoms with Crippen molar-refractivity contribution in [2.45, 2.75) is 39.5 Å². The zero-order valence-electron chi connectivity index (χ0n) is 33.7. The molecule has 0 amide bonds. The van der Waals surface area contributed by atoms with Crippen molar-refractivity contribution in [2.24, 2.45) is 0 Å². The summed E-state index contributed by atoms with van der Waals surface area (Å²) in [6.07, 6.45) is 13.6. The molecule has 0 saturated carbocycles. The lowest BCUT2D eigenvalue weighted by molar-refractivity contribution is 0.889. The molecule has 2 aliphatic rings. The number of hydrogen-bond acceptors (Lipinski definition) is 0. The van der Waals surface area contributed by atoms with Crippen LogP contribution in [0, 0.1) is 13.8 Å². The molecular weight excluding hydrogens is 711 g/mol. The second kappa shape index (κ2) is 14.5. The summed E-state index contributed by atoms with van der Waals surface area (Å²) in [6.45, 7) is 4.46. The fourth-order valence-electron chi connectivity index (χ4n) is 10.1. The third-order valence-electron chi connectivity index (χ3n) is 12.9. The maximum atomic E-state index is 2.53. The van der Waals surface area contributed by atoms with Gasteiger partial charge in [0.1, 0.15) is 0 Å². The number of fused-ring (bicyclic) bond motifs is 5. The van der Waals surface area contributed by atoms with E-state index in [1.165, 1.54) is 117 Å². The zero-order valence-corrected chi connectivity index (χ0v) is 33.7. The summed E-state index contributed by atoms with van der Waals surface area (Å²) in [5.74, 6) is 0. The smallest absolute Gasteiger partial charge is 0.0543 e. The van der Waals surface area contributed by atoms with Crippen LogP contribution >= 0.6 is 0 Å². The summed E-state index contributed by atoms with van der Waals surface area (Å²) < 4.78 is 2.53. The van der Waals surface area contributed by atoms with Gasteiger partial charge in [0, 0.05) is 22.3 Å². The molecule has 11 rings (SSSR count). The van der Waals surface area contributed by atoms with Crippen LogP contribution in [0.1, 0.15) is 46.4 Å². The Balaban J connectivity index is 1.02. The van der Waals surface area contributed by atoms with Crippen LogP contribution in [0.2, 0.25) is 0 Å². The molecule has 0 spiro atoms. The topological polar surface area (TPSA) is 4.93 Å². The SMILES string of the molecule is Cc1ccccc1-c1cccc(-c2cccc(-c3ccc4c5c(n(-c6ccc(-c7c8c(c(-c9ccccc9)c9ccccc79)CCC=C8)cc6)c4c3)CCC=C5)c2)c1C. The Morgan fingerprint density at radius 3 is 1.86 bits per heavy atom. The summed E-state index contributed by atoms with van der Waals surface area (Å²) in [5.41, 5.74) is 23.5. The first-order valence-corrected chi connectivity index (χ1v) is 21.1. The summed E-state index contributed by atoms with van der Waals surface area (Å²) >= 11 is 0. The van der Waals surface area contributed by atoms with Crippen molar-refractivity contribution in [2.75, 3.05) is 0 Å². The van der Waals surface area contributed by atoms with Gasteiger partial charge in [-0.15, -0.1) is 0 Å². The lowest BCUT2D eigenvalue weighted by Gasteiger charge is -2.24. The van der Waals surface area contributed by atoms with Crippen molar-refractivity contribution in [1.29, 1.82) is 0 Å². The van der Waals surface area contributed by atoms with E-state index in [4.69, 9.17) is 0 Å². The van der Waals surface area contributed by atoms with E-state index >= 15 is 0 Å². The molecule has 1 nitrogen and oxygen atoms in total. The van der Waals surface area contributed by atoms with Crippen molar-refractivity contribution in [3.05, 3.63) is 209 Å². The van der Waals surface area contributed by atoms with Crippen molar-refractivity contribution in [3.8, 4) is 61.3 Å². The molecule has 1 aromatic heterocycles. The third kappa shape index (κ3) is 5.92. The predicted molar refractivity (Wildman–Crippen MR) is 252 cm³/mol. The Morgan fingerprint density at radius 2 is 1.03 bits per heavy atom. The number of allylic oxidation sites excluding steroid dienone is 2. The van der Waals surface area contributed by atoms with Crippen LogP contribution < -0.4 is 0 Å². The molecule has 8 aromatic carbocycles. The third-order valence-corrected chi connectivity index (χ3v) is 12.9. The van der Waals surface area contributed by atoms with E-state index in [2.05, 4.69) is 207 Å². The summed E-state index contributed by atoms with van der Waals surface area (Å²) in [5, 5.41) is 3.94. The van der Waals surface area contributed by atoms with Gasteiger partial charge in [-0.2, -0.15) is 0 Å². The molecule has 0 saturated heterocycles. The molecule has 1 heterocycles. The van der Waals surface area contributed by atoms with Crippen LogP contribution in [0.5, 0.6) is 0 Å². The minimum Gasteiger partial charge on any atom is -0.313 e. The van der Waals surface area contributed by atoms with Gasteiger partial charge in [0.25, 0.3) is 0 Å². The number of benzene rings is 8. The number of nitrogens with zero attached hydrogens (tertiary/aromatic N) is 1. The molecule has 0 N–H and O–H groups in total. The van der Waals surface area contributed by atoms with Crippen LogP contribution in [0.25, 0.3) is 95.1 Å². The maximum Gasteiger partial charge on any atom is 0.0543 e. The van der Waals surface area contributed by atoms with Crippen LogP contribution in [-0.2, 0) is 12.8 Å². The summed E-state index contributed by atoms with van der Waals surface area (Å²) in [7, 11) is 0. The predicted octanol–water partition coefficient (Wildman–Crippen LogP) is 15.7. The molecule has 0 fully saturated rings. The lowest BCUT2D eigenvalue weighted by atomic mass is 9.80. The molecule has 1 heteroatoms. The van der Waals surface area contributed by atoms with Crippen LogP contribution in [0.15, 0.2) is 176 Å². The minimum absolute atomic E-state index is 1.02. The fraction of sp³-hybridized carbons (Fsp3) is 0.103. The van der Waals surface area contributed by atoms with Gasteiger partial charge in [-0.1, -0.05) is 164 Å². The van der Waals surface area contributed by atoms with Gasteiger partial charge in [0.15, 0.2) is 0 Å². The van der Waals surface area contributed by atoms with Crippen molar-refractivity contribution < 1.29 is 0 Å². The Hall–Kier alpha value is -6.96. The van der Waals surface area contributed by atoms with Gasteiger partial charge >= 0.3 is 0 Å². The standard InChI is InChI=1S/C58H45N/c1-38-16-6-7-21-46(38)48-28-15-27-47(39(48)2)44-20-14-19-42(36-44)43-32-35-50-49-22-12-13-29-55(49)59(56(50)37-43)45-33-30-41(31-34-45)58-53-25-10-8-23-51(53)57(40-17-4-3-5-18-40)52-24-9-11-26-54(52)58/h3-8,10-12,14-23,25-28,30-37H,9,13,24,29H2,1-2H3. The van der Waals surface area contributed by atoms with Gasteiger partial charge in [0.2, 0.25) is 0 Å². The number of hydrogen-bond donors (Lipinski definition) is 0. The van der Waals surface area contributed by atoms with Crippen LogP contribution in [0.3, 0.4) is 0 Å². The quantitative estimate of drug-likeness (QED) is 0.159. The van der Waals surface area contributed by atoms with E-state index in [0.29, 0.717) is 0 Å². The Morgan fingerprint density at radius 1 is 0.424 bits per heavy atom. The monoisotopic (exact) mass is 755 g/mol. The molecule has 0 aliphatic heterocycles.